The second-order valence-corrected chi connectivity index (χ2v) is 12.1. The van der Waals surface area contributed by atoms with Gasteiger partial charge in [0.25, 0.3) is 0 Å². The Kier molecular flexibility index (Phi) is 9.70. The number of piperidine rings is 1. The molecular formula is C33H45N3O3. The average Bonchev–Trinajstić information content (AvgIpc) is 3.37. The molecule has 2 aromatic rings. The summed E-state index contributed by atoms with van der Waals surface area (Å²) in [6.45, 7) is 5.31. The van der Waals surface area contributed by atoms with Crippen LogP contribution in [0.25, 0.3) is 0 Å². The third kappa shape index (κ3) is 7.49. The van der Waals surface area contributed by atoms with Gasteiger partial charge in [-0.15, -0.1) is 0 Å². The Hall–Kier alpha value is -2.70. The number of aliphatic carboxylic acids is 1. The number of hydrogen-bond acceptors (Lipinski definition) is 4. The fraction of sp³-hybridized carbons (Fsp3) is 0.576. The summed E-state index contributed by atoms with van der Waals surface area (Å²) in [5.41, 5.74) is 2.47. The van der Waals surface area contributed by atoms with Gasteiger partial charge >= 0.3 is 5.97 Å². The predicted octanol–water partition coefficient (Wildman–Crippen LogP) is 5.15. The van der Waals surface area contributed by atoms with E-state index in [-0.39, 0.29) is 17.9 Å². The highest BCUT2D eigenvalue weighted by Crippen LogP contribution is 2.38. The zero-order valence-electron chi connectivity index (χ0n) is 23.2. The summed E-state index contributed by atoms with van der Waals surface area (Å²) in [6, 6.07) is 20.4. The first-order valence-corrected chi connectivity index (χ1v) is 15.1. The predicted molar refractivity (Wildman–Crippen MR) is 154 cm³/mol. The molecule has 2 aliphatic heterocycles. The maximum atomic E-state index is 12.6. The van der Waals surface area contributed by atoms with Crippen LogP contribution in [0, 0.1) is 17.8 Å². The molecule has 1 aliphatic carbocycles. The van der Waals surface area contributed by atoms with E-state index in [1.54, 1.807) is 0 Å². The molecule has 2 saturated heterocycles. The molecular weight excluding hydrogens is 486 g/mol. The lowest BCUT2D eigenvalue weighted by Gasteiger charge is -2.35. The molecule has 3 atom stereocenters. The summed E-state index contributed by atoms with van der Waals surface area (Å²) in [6.07, 6.45) is 8.34. The maximum Gasteiger partial charge on any atom is 0.321 e. The van der Waals surface area contributed by atoms with Gasteiger partial charge in [0.1, 0.15) is 6.04 Å². The number of likely N-dealkylation sites (tertiary alicyclic amines) is 2. The third-order valence-electron chi connectivity index (χ3n) is 9.45. The van der Waals surface area contributed by atoms with Crippen LogP contribution in [0.5, 0.6) is 0 Å². The number of carbonyl (C=O) groups is 2. The van der Waals surface area contributed by atoms with Crippen LogP contribution < -0.4 is 5.32 Å². The summed E-state index contributed by atoms with van der Waals surface area (Å²) in [7, 11) is 0. The second kappa shape index (κ2) is 13.6. The van der Waals surface area contributed by atoms with Crippen LogP contribution in [-0.4, -0.2) is 65.5 Å². The highest BCUT2D eigenvalue weighted by atomic mass is 16.4. The van der Waals surface area contributed by atoms with Crippen molar-refractivity contribution in [2.75, 3.05) is 32.7 Å². The van der Waals surface area contributed by atoms with Crippen molar-refractivity contribution >= 4 is 11.9 Å². The number of benzene rings is 2. The highest BCUT2D eigenvalue weighted by Gasteiger charge is 2.43. The van der Waals surface area contributed by atoms with Crippen molar-refractivity contribution in [1.82, 2.24) is 15.1 Å². The summed E-state index contributed by atoms with van der Waals surface area (Å²) in [5, 5.41) is 13.4. The summed E-state index contributed by atoms with van der Waals surface area (Å²) < 4.78 is 0. The standard InChI is InChI=1S/C33H45N3O3/c37-31(34-21-26-10-4-1-5-11-26)20-25-16-18-35(19-17-25)22-29-23-36(24-30(29)27-12-6-2-7-13-27)32(33(38)39)28-14-8-3-9-15-28/h1-2,4-7,10-13,25,28-30,32H,3,8-9,14-24H2,(H,34,37)(H,38,39)/t29-,30+,32+/m0/s1. The van der Waals surface area contributed by atoms with E-state index in [0.717, 1.165) is 76.8 Å². The smallest absolute Gasteiger partial charge is 0.321 e. The molecule has 6 nitrogen and oxygen atoms in total. The van der Waals surface area contributed by atoms with Gasteiger partial charge in [-0.3, -0.25) is 14.5 Å². The van der Waals surface area contributed by atoms with Gasteiger partial charge in [0.05, 0.1) is 0 Å². The number of carboxylic acids is 1. The van der Waals surface area contributed by atoms with Crippen LogP contribution in [0.15, 0.2) is 60.7 Å². The van der Waals surface area contributed by atoms with Gasteiger partial charge in [0.2, 0.25) is 5.91 Å². The van der Waals surface area contributed by atoms with E-state index in [1.807, 2.05) is 30.3 Å². The molecule has 0 unspecified atom stereocenters. The van der Waals surface area contributed by atoms with Crippen molar-refractivity contribution in [2.45, 2.75) is 69.9 Å². The number of amides is 1. The maximum absolute atomic E-state index is 12.6. The van der Waals surface area contributed by atoms with Gasteiger partial charge in [-0.25, -0.2) is 0 Å². The molecule has 1 amide bonds. The van der Waals surface area contributed by atoms with Gasteiger partial charge in [0.15, 0.2) is 0 Å². The lowest BCUT2D eigenvalue weighted by atomic mass is 9.83. The molecule has 0 spiro atoms. The second-order valence-electron chi connectivity index (χ2n) is 12.1. The van der Waals surface area contributed by atoms with E-state index in [9.17, 15) is 14.7 Å². The first-order chi connectivity index (χ1) is 19.1. The van der Waals surface area contributed by atoms with Gasteiger partial charge in [-0.1, -0.05) is 79.9 Å². The Bertz CT molecular complexity index is 1050. The van der Waals surface area contributed by atoms with Crippen molar-refractivity contribution in [1.29, 1.82) is 0 Å². The molecule has 1 saturated carbocycles. The minimum Gasteiger partial charge on any atom is -0.480 e. The van der Waals surface area contributed by atoms with E-state index >= 15 is 0 Å². The summed E-state index contributed by atoms with van der Waals surface area (Å²) >= 11 is 0. The zero-order chi connectivity index (χ0) is 27.0. The van der Waals surface area contributed by atoms with Crippen molar-refractivity contribution in [3.8, 4) is 0 Å². The minimum atomic E-state index is -0.638. The lowest BCUT2D eigenvalue weighted by Crippen LogP contribution is -2.46. The first kappa shape index (κ1) is 27.9. The zero-order valence-corrected chi connectivity index (χ0v) is 23.2. The molecule has 2 heterocycles. The monoisotopic (exact) mass is 531 g/mol. The molecule has 0 aromatic heterocycles. The number of carbonyl (C=O) groups excluding carboxylic acids is 1. The van der Waals surface area contributed by atoms with E-state index in [1.165, 1.54) is 12.0 Å². The van der Waals surface area contributed by atoms with Crippen molar-refractivity contribution in [3.63, 3.8) is 0 Å². The fourth-order valence-electron chi connectivity index (χ4n) is 7.34. The molecule has 210 valence electrons. The first-order valence-electron chi connectivity index (χ1n) is 15.1. The number of nitrogens with zero attached hydrogens (tertiary/aromatic N) is 2. The quantitative estimate of drug-likeness (QED) is 0.443. The molecule has 0 bridgehead atoms. The van der Waals surface area contributed by atoms with Crippen molar-refractivity contribution < 1.29 is 14.7 Å². The Morgan fingerprint density at radius 3 is 2.21 bits per heavy atom. The Balaban J connectivity index is 1.16. The van der Waals surface area contributed by atoms with E-state index in [4.69, 9.17) is 0 Å². The van der Waals surface area contributed by atoms with Crippen LogP contribution >= 0.6 is 0 Å². The molecule has 6 heteroatoms. The molecule has 3 aliphatic rings. The van der Waals surface area contributed by atoms with Crippen LogP contribution in [-0.2, 0) is 16.1 Å². The molecule has 5 rings (SSSR count). The van der Waals surface area contributed by atoms with Gasteiger partial charge in [-0.2, -0.15) is 0 Å². The van der Waals surface area contributed by atoms with E-state index in [0.29, 0.717) is 30.7 Å². The van der Waals surface area contributed by atoms with Crippen LogP contribution in [0.4, 0.5) is 0 Å². The topological polar surface area (TPSA) is 72.9 Å². The summed E-state index contributed by atoms with van der Waals surface area (Å²) in [4.78, 5) is 29.9. The molecule has 2 aromatic carbocycles. The Labute approximate surface area is 233 Å². The number of carboxylic acid groups (broad SMARTS) is 1. The van der Waals surface area contributed by atoms with Crippen LogP contribution in [0.2, 0.25) is 0 Å². The SMILES string of the molecule is O=C(CC1CCN(C[C@H]2CN([C@@H](C(=O)O)C3CCCCC3)C[C@@H]2c2ccccc2)CC1)NCc1ccccc1. The Morgan fingerprint density at radius 1 is 0.872 bits per heavy atom. The minimum absolute atomic E-state index is 0.148. The van der Waals surface area contributed by atoms with Gasteiger partial charge in [-0.05, 0) is 67.7 Å². The van der Waals surface area contributed by atoms with Crippen molar-refractivity contribution in [3.05, 3.63) is 71.8 Å². The number of rotatable bonds is 10. The molecule has 2 N–H and O–H groups in total. The number of hydrogen-bond donors (Lipinski definition) is 2. The van der Waals surface area contributed by atoms with E-state index < -0.39 is 5.97 Å². The highest BCUT2D eigenvalue weighted by molar-refractivity contribution is 5.76. The largest absolute Gasteiger partial charge is 0.480 e. The lowest BCUT2D eigenvalue weighted by molar-refractivity contribution is -0.145. The third-order valence-corrected chi connectivity index (χ3v) is 9.45. The van der Waals surface area contributed by atoms with Crippen LogP contribution in [0.1, 0.15) is 68.4 Å². The molecule has 0 radical (unpaired) electrons. The average molecular weight is 532 g/mol. The Morgan fingerprint density at radius 2 is 1.54 bits per heavy atom. The molecule has 3 fully saturated rings. The van der Waals surface area contributed by atoms with Gasteiger partial charge in [0, 0.05) is 38.5 Å². The number of nitrogens with one attached hydrogen (secondary N) is 1. The fourth-order valence-corrected chi connectivity index (χ4v) is 7.34. The summed E-state index contributed by atoms with van der Waals surface area (Å²) in [5.74, 6) is 0.998. The van der Waals surface area contributed by atoms with Gasteiger partial charge < -0.3 is 15.3 Å². The molecule has 39 heavy (non-hydrogen) atoms. The van der Waals surface area contributed by atoms with Crippen LogP contribution in [0.3, 0.4) is 0 Å². The van der Waals surface area contributed by atoms with E-state index in [2.05, 4.69) is 45.4 Å². The normalized spacial score (nSPS) is 24.4. The van der Waals surface area contributed by atoms with Crippen molar-refractivity contribution in [2.24, 2.45) is 17.8 Å².